The third kappa shape index (κ3) is 4.52. The Bertz CT molecular complexity index is 1360. The van der Waals surface area contributed by atoms with E-state index in [1.807, 2.05) is 6.07 Å². The van der Waals surface area contributed by atoms with Crippen LogP contribution in [0.25, 0.3) is 33.4 Å². The predicted molar refractivity (Wildman–Crippen MR) is 124 cm³/mol. The fourth-order valence-electron chi connectivity index (χ4n) is 3.69. The second-order valence-electron chi connectivity index (χ2n) is 7.38. The van der Waals surface area contributed by atoms with Crippen LogP contribution in [0.3, 0.4) is 0 Å². The molecule has 0 aliphatic heterocycles. The summed E-state index contributed by atoms with van der Waals surface area (Å²) in [4.78, 5) is 34.3. The summed E-state index contributed by atoms with van der Waals surface area (Å²) in [6.45, 7) is 2.35. The zero-order valence-corrected chi connectivity index (χ0v) is 18.5. The van der Waals surface area contributed by atoms with E-state index in [9.17, 15) is 19.3 Å². The molecule has 3 aromatic carbocycles. The number of carbonyl (C=O) groups is 1. The van der Waals surface area contributed by atoms with Crippen molar-refractivity contribution < 1.29 is 28.3 Å². The van der Waals surface area contributed by atoms with E-state index in [0.717, 1.165) is 5.56 Å². The fourth-order valence-corrected chi connectivity index (χ4v) is 3.69. The van der Waals surface area contributed by atoms with Gasteiger partial charge in [-0.25, -0.2) is 14.2 Å². The normalized spacial score (nSPS) is 11.0. The molecule has 1 heterocycles. The molecule has 9 heteroatoms. The number of nitrogens with one attached hydrogen (secondary N) is 1. The van der Waals surface area contributed by atoms with Crippen LogP contribution < -0.4 is 5.32 Å². The third-order valence-electron chi connectivity index (χ3n) is 5.23. The monoisotopic (exact) mass is 464 g/mol. The van der Waals surface area contributed by atoms with Crippen LogP contribution in [0.1, 0.15) is 22.8 Å². The van der Waals surface area contributed by atoms with Gasteiger partial charge >= 0.3 is 0 Å². The first-order chi connectivity index (χ1) is 16.4. The number of nitro benzene ring substituents is 1. The van der Waals surface area contributed by atoms with Gasteiger partial charge in [-0.1, -0.05) is 18.2 Å². The molecular formula is C25H21FN2O6. The van der Waals surface area contributed by atoms with E-state index < -0.39 is 16.6 Å². The van der Waals surface area contributed by atoms with Gasteiger partial charge in [0.15, 0.2) is 0 Å². The molecule has 0 unspecified atom stereocenters. The summed E-state index contributed by atoms with van der Waals surface area (Å²) in [5.41, 5.74) is 2.30. The summed E-state index contributed by atoms with van der Waals surface area (Å²) in [5, 5.41) is 14.9. The number of nitrogens with zero attached hydrogens (tertiary/aromatic N) is 1. The van der Waals surface area contributed by atoms with E-state index in [4.69, 9.17) is 14.2 Å². The van der Waals surface area contributed by atoms with Crippen LogP contribution >= 0.6 is 0 Å². The number of hydrogen-bond acceptors (Lipinski definition) is 6. The molecule has 0 fully saturated rings. The molecule has 1 amide bonds. The van der Waals surface area contributed by atoms with Gasteiger partial charge in [-0.05, 0) is 54.4 Å². The molecule has 174 valence electrons. The first-order valence-electron chi connectivity index (χ1n) is 10.5. The topological polar surface area (TPSA) is 104 Å². The second-order valence-corrected chi connectivity index (χ2v) is 7.38. The van der Waals surface area contributed by atoms with Crippen LogP contribution in [0, 0.1) is 15.9 Å². The average molecular weight is 464 g/mol. The number of nitro groups is 1. The lowest BCUT2D eigenvalue weighted by Gasteiger charge is -2.07. The number of benzene rings is 3. The van der Waals surface area contributed by atoms with Crippen LogP contribution in [-0.4, -0.2) is 24.5 Å². The highest BCUT2D eigenvalue weighted by molar-refractivity contribution is 6.12. The number of amides is 1. The van der Waals surface area contributed by atoms with Crippen molar-refractivity contribution in [1.29, 1.82) is 0 Å². The van der Waals surface area contributed by atoms with E-state index in [-0.39, 0.29) is 29.2 Å². The van der Waals surface area contributed by atoms with Crippen LogP contribution in [0.5, 0.6) is 0 Å². The Morgan fingerprint density at radius 1 is 1.09 bits per heavy atom. The van der Waals surface area contributed by atoms with Gasteiger partial charge in [-0.3, -0.25) is 14.9 Å². The zero-order chi connectivity index (χ0) is 24.2. The van der Waals surface area contributed by atoms with Gasteiger partial charge in [0.05, 0.1) is 28.7 Å². The van der Waals surface area contributed by atoms with Gasteiger partial charge in [0, 0.05) is 18.0 Å². The zero-order valence-electron chi connectivity index (χ0n) is 18.5. The van der Waals surface area contributed by atoms with Gasteiger partial charge in [-0.2, -0.15) is 0 Å². The molecule has 4 aromatic rings. The molecule has 1 N–H and O–H groups in total. The molecule has 0 saturated heterocycles. The predicted octanol–water partition coefficient (Wildman–Crippen LogP) is 5.64. The summed E-state index contributed by atoms with van der Waals surface area (Å²) in [5.74, 6) is -0.677. The highest BCUT2D eigenvalue weighted by atomic mass is 19.1. The molecule has 1 aromatic heterocycles. The minimum atomic E-state index is -0.502. The Morgan fingerprint density at radius 2 is 1.85 bits per heavy atom. The highest BCUT2D eigenvalue weighted by Gasteiger charge is 2.26. The van der Waals surface area contributed by atoms with Crippen molar-refractivity contribution in [2.75, 3.05) is 13.7 Å². The molecule has 34 heavy (non-hydrogen) atoms. The van der Waals surface area contributed by atoms with Gasteiger partial charge in [0.2, 0.25) is 0 Å². The first kappa shape index (κ1) is 23.1. The molecule has 0 saturated carbocycles. The summed E-state index contributed by atoms with van der Waals surface area (Å²) in [6, 6.07) is 15.4. The Kier molecular flexibility index (Phi) is 6.67. The van der Waals surface area contributed by atoms with E-state index in [0.29, 0.717) is 28.7 Å². The van der Waals surface area contributed by atoms with E-state index in [2.05, 4.69) is 5.32 Å². The molecule has 4 rings (SSSR count). The van der Waals surface area contributed by atoms with Crippen molar-refractivity contribution in [1.82, 2.24) is 5.32 Å². The summed E-state index contributed by atoms with van der Waals surface area (Å²) in [6.07, 6.45) is 0. The lowest BCUT2D eigenvalue weighted by Crippen LogP contribution is -2.18. The maximum atomic E-state index is 13.4. The van der Waals surface area contributed by atoms with Crippen molar-refractivity contribution in [3.05, 3.63) is 87.7 Å². The molecule has 0 aliphatic carbocycles. The lowest BCUT2D eigenvalue weighted by atomic mass is 9.97. The number of halogens is 1. The van der Waals surface area contributed by atoms with Gasteiger partial charge in [0.1, 0.15) is 23.8 Å². The van der Waals surface area contributed by atoms with Crippen molar-refractivity contribution in [2.24, 2.45) is 0 Å². The standard InChI is InChI=1S/C25H21FN2O6/c1-3-32-33-14-15-5-4-6-17(11-15)19-12-20-22(13-21(19)28(30)31)34-24(23(20)25(29)27-2)16-7-9-18(26)10-8-16/h4-13H,3,14H2,1-2H3,(H,27,29). The molecule has 0 radical (unpaired) electrons. The molecule has 8 nitrogen and oxygen atoms in total. The van der Waals surface area contributed by atoms with E-state index in [1.165, 1.54) is 37.4 Å². The molecule has 0 spiro atoms. The summed E-state index contributed by atoms with van der Waals surface area (Å²) >= 11 is 0. The van der Waals surface area contributed by atoms with Crippen molar-refractivity contribution in [2.45, 2.75) is 13.5 Å². The van der Waals surface area contributed by atoms with Crippen molar-refractivity contribution >= 4 is 22.6 Å². The Hall–Kier alpha value is -4.08. The molecule has 0 atom stereocenters. The van der Waals surface area contributed by atoms with Gasteiger partial charge in [0.25, 0.3) is 11.6 Å². The van der Waals surface area contributed by atoms with E-state index in [1.54, 1.807) is 31.2 Å². The molecule has 0 bridgehead atoms. The minimum absolute atomic E-state index is 0.168. The van der Waals surface area contributed by atoms with Crippen molar-refractivity contribution in [3.8, 4) is 22.5 Å². The first-order valence-corrected chi connectivity index (χ1v) is 10.5. The Morgan fingerprint density at radius 3 is 2.53 bits per heavy atom. The number of rotatable bonds is 8. The summed E-state index contributed by atoms with van der Waals surface area (Å²) in [7, 11) is 1.48. The van der Waals surface area contributed by atoms with Crippen LogP contribution in [0.15, 0.2) is 65.1 Å². The van der Waals surface area contributed by atoms with Crippen molar-refractivity contribution in [3.63, 3.8) is 0 Å². The molecular weight excluding hydrogens is 443 g/mol. The van der Waals surface area contributed by atoms with Crippen LogP contribution in [0.4, 0.5) is 10.1 Å². The number of hydrogen-bond donors (Lipinski definition) is 1. The average Bonchev–Trinajstić information content (AvgIpc) is 3.22. The maximum Gasteiger partial charge on any atom is 0.280 e. The third-order valence-corrected chi connectivity index (χ3v) is 5.23. The SMILES string of the molecule is CCOOCc1cccc(-c2cc3c(C(=O)NC)c(-c4ccc(F)cc4)oc3cc2[N+](=O)[O-])c1. The summed E-state index contributed by atoms with van der Waals surface area (Å²) < 4.78 is 19.3. The Labute approximate surface area is 194 Å². The molecule has 0 aliphatic rings. The lowest BCUT2D eigenvalue weighted by molar-refractivity contribution is -0.384. The fraction of sp³-hybridized carbons (Fsp3) is 0.160. The second kappa shape index (κ2) is 9.82. The number of carbonyl (C=O) groups excluding carboxylic acids is 1. The van der Waals surface area contributed by atoms with Gasteiger partial charge in [-0.15, -0.1) is 0 Å². The van der Waals surface area contributed by atoms with Gasteiger partial charge < -0.3 is 9.73 Å². The minimum Gasteiger partial charge on any atom is -0.455 e. The maximum absolute atomic E-state index is 13.4. The van der Waals surface area contributed by atoms with Crippen LogP contribution in [-0.2, 0) is 16.4 Å². The van der Waals surface area contributed by atoms with E-state index >= 15 is 0 Å². The largest absolute Gasteiger partial charge is 0.455 e. The Balaban J connectivity index is 1.92. The van der Waals surface area contributed by atoms with Crippen LogP contribution in [0.2, 0.25) is 0 Å². The number of furan rings is 1. The smallest absolute Gasteiger partial charge is 0.280 e. The quantitative estimate of drug-likeness (QED) is 0.157. The number of fused-ring (bicyclic) bond motifs is 1. The highest BCUT2D eigenvalue weighted by Crippen LogP contribution is 2.40.